The first-order valence-corrected chi connectivity index (χ1v) is 12.2. The molecule has 4 rings (SSSR count). The van der Waals surface area contributed by atoms with Gasteiger partial charge in [0.2, 0.25) is 5.91 Å². The molecule has 192 valence electrons. The van der Waals surface area contributed by atoms with E-state index in [2.05, 4.69) is 10.3 Å². The van der Waals surface area contributed by atoms with Crippen molar-refractivity contribution in [3.05, 3.63) is 35.3 Å². The Bertz CT molecular complexity index is 1060. The predicted molar refractivity (Wildman–Crippen MR) is 124 cm³/mol. The highest BCUT2D eigenvalue weighted by molar-refractivity contribution is 5.99. The van der Waals surface area contributed by atoms with Crippen molar-refractivity contribution in [2.75, 3.05) is 19.6 Å². The number of H-pyrrole nitrogens is 1. The van der Waals surface area contributed by atoms with Crippen LogP contribution >= 0.6 is 0 Å². The number of carbonyl (C=O) groups excluding carboxylic acids is 2. The highest BCUT2D eigenvalue weighted by Gasteiger charge is 2.49. The van der Waals surface area contributed by atoms with Gasteiger partial charge in [0.25, 0.3) is 5.91 Å². The molecule has 1 saturated carbocycles. The second-order valence-electron chi connectivity index (χ2n) is 10.1. The minimum atomic E-state index is -4.51. The van der Waals surface area contributed by atoms with Crippen LogP contribution < -0.4 is 5.32 Å². The maximum absolute atomic E-state index is 14.1. The van der Waals surface area contributed by atoms with E-state index in [1.165, 1.54) is 12.1 Å². The summed E-state index contributed by atoms with van der Waals surface area (Å²) in [6.45, 7) is 5.20. The fourth-order valence-corrected chi connectivity index (χ4v) is 5.35. The molecule has 0 spiro atoms. The first kappa shape index (κ1) is 25.5. The van der Waals surface area contributed by atoms with Crippen LogP contribution in [0.25, 0.3) is 10.9 Å². The number of aryl methyl sites for hydroxylation is 1. The summed E-state index contributed by atoms with van der Waals surface area (Å²) in [5.74, 6) is -1.74. The number of hydrogen-bond donors (Lipinski definition) is 2. The predicted octanol–water partition coefficient (Wildman–Crippen LogP) is 4.39. The Hall–Kier alpha value is -2.62. The smallest absolute Gasteiger partial charge is 0.350 e. The zero-order valence-electron chi connectivity index (χ0n) is 20.2. The third-order valence-corrected chi connectivity index (χ3v) is 7.26. The van der Waals surface area contributed by atoms with E-state index in [0.29, 0.717) is 23.9 Å². The lowest BCUT2D eigenvalue weighted by Gasteiger charge is -2.47. The lowest BCUT2D eigenvalue weighted by Crippen LogP contribution is -2.63. The van der Waals surface area contributed by atoms with Gasteiger partial charge in [0.15, 0.2) is 0 Å². The molecular weight excluding hydrogens is 464 g/mol. The third kappa shape index (κ3) is 5.32. The summed E-state index contributed by atoms with van der Waals surface area (Å²) in [5.41, 5.74) is 1.66. The molecule has 1 aromatic carbocycles. The topological polar surface area (TPSA) is 68.4 Å². The normalized spacial score (nSPS) is 24.2. The molecule has 35 heavy (non-hydrogen) atoms. The molecule has 2 aromatic rings. The number of nitrogens with zero attached hydrogens (tertiary/aromatic N) is 2. The van der Waals surface area contributed by atoms with Crippen molar-refractivity contribution in [2.45, 2.75) is 70.8 Å². The van der Waals surface area contributed by atoms with Crippen molar-refractivity contribution in [1.29, 1.82) is 0 Å². The van der Waals surface area contributed by atoms with Gasteiger partial charge in [-0.3, -0.25) is 14.5 Å². The van der Waals surface area contributed by atoms with Crippen molar-refractivity contribution >= 4 is 22.7 Å². The monoisotopic (exact) mass is 496 g/mol. The molecule has 0 bridgehead atoms. The molecule has 2 fully saturated rings. The van der Waals surface area contributed by atoms with E-state index in [9.17, 15) is 27.2 Å². The fourth-order valence-electron chi connectivity index (χ4n) is 5.35. The van der Waals surface area contributed by atoms with Crippen LogP contribution in [-0.2, 0) is 4.79 Å². The molecule has 2 amide bonds. The van der Waals surface area contributed by atoms with Gasteiger partial charge in [-0.05, 0) is 50.3 Å². The molecule has 1 aromatic heterocycles. The SMILES string of the molecule is Cc1ccc(F)c2cc(C(=O)N[C@@H]3CCC[C@H](N4CCN(C(=O)C(C)C)C(C(F)(F)F)C4)C3)[nH]c12. The number of amides is 2. The van der Waals surface area contributed by atoms with E-state index in [1.807, 2.05) is 11.8 Å². The van der Waals surface area contributed by atoms with Crippen molar-refractivity contribution in [3.8, 4) is 0 Å². The van der Waals surface area contributed by atoms with Gasteiger partial charge in [-0.25, -0.2) is 4.39 Å². The van der Waals surface area contributed by atoms with Crippen LogP contribution in [0.5, 0.6) is 0 Å². The van der Waals surface area contributed by atoms with Crippen molar-refractivity contribution in [1.82, 2.24) is 20.1 Å². The van der Waals surface area contributed by atoms with Crippen LogP contribution in [0, 0.1) is 18.7 Å². The Balaban J connectivity index is 1.43. The van der Waals surface area contributed by atoms with Gasteiger partial charge in [-0.15, -0.1) is 0 Å². The summed E-state index contributed by atoms with van der Waals surface area (Å²) >= 11 is 0. The van der Waals surface area contributed by atoms with Crippen LogP contribution in [0.2, 0.25) is 0 Å². The summed E-state index contributed by atoms with van der Waals surface area (Å²) in [4.78, 5) is 31.1. The Morgan fingerprint density at radius 2 is 1.91 bits per heavy atom. The second-order valence-corrected chi connectivity index (χ2v) is 10.1. The average molecular weight is 497 g/mol. The lowest BCUT2D eigenvalue weighted by molar-refractivity contribution is -0.204. The first-order chi connectivity index (χ1) is 16.5. The third-order valence-electron chi connectivity index (χ3n) is 7.26. The summed E-state index contributed by atoms with van der Waals surface area (Å²) in [6, 6.07) is 2.36. The molecule has 2 N–H and O–H groups in total. The molecule has 1 saturated heterocycles. The molecule has 6 nitrogen and oxygen atoms in total. The van der Waals surface area contributed by atoms with Gasteiger partial charge in [0.05, 0.1) is 5.52 Å². The summed E-state index contributed by atoms with van der Waals surface area (Å²) < 4.78 is 55.6. The molecule has 1 aliphatic carbocycles. The van der Waals surface area contributed by atoms with Gasteiger partial charge in [-0.2, -0.15) is 13.2 Å². The largest absolute Gasteiger partial charge is 0.410 e. The van der Waals surface area contributed by atoms with Gasteiger partial charge < -0.3 is 15.2 Å². The van der Waals surface area contributed by atoms with E-state index in [1.54, 1.807) is 19.9 Å². The number of carbonyl (C=O) groups is 2. The Labute approximate surface area is 202 Å². The standard InChI is InChI=1S/C25H32F4N4O2/c1-14(2)24(35)33-10-9-32(13-21(33)25(27,28)29)17-6-4-5-16(11-17)30-23(34)20-12-18-19(26)8-7-15(3)22(18)31-20/h7-8,12,14,16-17,21,31H,4-6,9-11,13H2,1-3H3,(H,30,34)/t16-,17+,21?/m1/s1. The number of hydrogen-bond acceptors (Lipinski definition) is 3. The quantitative estimate of drug-likeness (QED) is 0.617. The molecule has 1 aliphatic heterocycles. The fraction of sp³-hybridized carbons (Fsp3) is 0.600. The van der Waals surface area contributed by atoms with E-state index < -0.39 is 29.9 Å². The minimum Gasteiger partial charge on any atom is -0.350 e. The number of rotatable bonds is 4. The number of aromatic amines is 1. The van der Waals surface area contributed by atoms with Crippen LogP contribution in [0.15, 0.2) is 18.2 Å². The van der Waals surface area contributed by atoms with E-state index in [4.69, 9.17) is 0 Å². The van der Waals surface area contributed by atoms with Crippen molar-refractivity contribution in [3.63, 3.8) is 0 Å². The van der Waals surface area contributed by atoms with E-state index >= 15 is 0 Å². The Morgan fingerprint density at radius 1 is 1.17 bits per heavy atom. The first-order valence-electron chi connectivity index (χ1n) is 12.2. The molecule has 3 atom stereocenters. The second kappa shape index (κ2) is 9.79. The Morgan fingerprint density at radius 3 is 2.57 bits per heavy atom. The zero-order valence-corrected chi connectivity index (χ0v) is 20.2. The number of alkyl halides is 3. The lowest BCUT2D eigenvalue weighted by atomic mass is 9.89. The molecule has 2 heterocycles. The van der Waals surface area contributed by atoms with E-state index in [-0.39, 0.29) is 36.8 Å². The maximum Gasteiger partial charge on any atom is 0.410 e. The van der Waals surface area contributed by atoms with Crippen LogP contribution in [0.3, 0.4) is 0 Å². The highest BCUT2D eigenvalue weighted by atomic mass is 19.4. The number of halogens is 4. The van der Waals surface area contributed by atoms with E-state index in [0.717, 1.165) is 29.7 Å². The summed E-state index contributed by atoms with van der Waals surface area (Å²) in [7, 11) is 0. The zero-order chi connectivity index (χ0) is 25.5. The number of nitrogens with one attached hydrogen (secondary N) is 2. The van der Waals surface area contributed by atoms with Gasteiger partial charge in [0, 0.05) is 43.0 Å². The molecule has 2 aliphatic rings. The Kier molecular flexibility index (Phi) is 7.13. The average Bonchev–Trinajstić information content (AvgIpc) is 3.27. The van der Waals surface area contributed by atoms with Crippen molar-refractivity contribution < 1.29 is 27.2 Å². The number of aromatic nitrogens is 1. The summed E-state index contributed by atoms with van der Waals surface area (Å²) in [6.07, 6.45) is -1.73. The van der Waals surface area contributed by atoms with Crippen LogP contribution in [-0.4, -0.2) is 70.5 Å². The maximum atomic E-state index is 14.1. The van der Waals surface area contributed by atoms with Gasteiger partial charge in [0.1, 0.15) is 17.6 Å². The number of benzene rings is 1. The number of piperazine rings is 1. The van der Waals surface area contributed by atoms with Crippen LogP contribution in [0.4, 0.5) is 17.6 Å². The molecule has 1 unspecified atom stereocenters. The summed E-state index contributed by atoms with van der Waals surface area (Å²) in [5, 5.41) is 3.33. The van der Waals surface area contributed by atoms with Crippen LogP contribution in [0.1, 0.15) is 55.6 Å². The van der Waals surface area contributed by atoms with Crippen molar-refractivity contribution in [2.24, 2.45) is 5.92 Å². The number of fused-ring (bicyclic) bond motifs is 1. The van der Waals surface area contributed by atoms with Gasteiger partial charge in [-0.1, -0.05) is 19.9 Å². The molecular formula is C25H32F4N4O2. The minimum absolute atomic E-state index is 0.0364. The molecule has 10 heteroatoms. The molecule has 0 radical (unpaired) electrons. The highest BCUT2D eigenvalue weighted by Crippen LogP contribution is 2.32. The van der Waals surface area contributed by atoms with Gasteiger partial charge >= 0.3 is 6.18 Å².